The number of nitrogens with one attached hydrogen (secondary N) is 1. The summed E-state index contributed by atoms with van der Waals surface area (Å²) in [5.41, 5.74) is 1.13. The highest BCUT2D eigenvalue weighted by Crippen LogP contribution is 2.31. The number of hydrogen-bond donors (Lipinski definition) is 1. The molecule has 0 spiro atoms. The molecule has 0 aliphatic heterocycles. The second kappa shape index (κ2) is 9.29. The third-order valence-corrected chi connectivity index (χ3v) is 5.11. The van der Waals surface area contributed by atoms with Gasteiger partial charge >= 0.3 is 6.18 Å². The zero-order valence-electron chi connectivity index (χ0n) is 17.5. The van der Waals surface area contributed by atoms with E-state index in [0.29, 0.717) is 23.6 Å². The Bertz CT molecular complexity index is 1070. The average molecular weight is 430 g/mol. The number of carbonyl (C=O) groups is 1. The molecule has 1 heterocycles. The smallest absolute Gasteiger partial charge is 0.416 e. The third kappa shape index (κ3) is 5.10. The van der Waals surface area contributed by atoms with E-state index in [9.17, 15) is 18.0 Å². The molecule has 2 aromatic carbocycles. The van der Waals surface area contributed by atoms with Crippen LogP contribution in [0.25, 0.3) is 10.9 Å². The zero-order valence-corrected chi connectivity index (χ0v) is 17.5. The van der Waals surface area contributed by atoms with Crippen molar-refractivity contribution in [1.82, 2.24) is 9.88 Å². The molecule has 1 amide bonds. The Morgan fingerprint density at radius 2 is 1.94 bits per heavy atom. The lowest BCUT2D eigenvalue weighted by Crippen LogP contribution is -2.33. The first-order valence-electron chi connectivity index (χ1n) is 10.1. The molecule has 164 valence electrons. The maximum absolute atomic E-state index is 13.0. The van der Waals surface area contributed by atoms with Crippen LogP contribution < -0.4 is 10.1 Å². The number of carbonyl (C=O) groups excluding carboxylic acids is 1. The number of hydrogen-bond acceptors (Lipinski definition) is 2. The molecule has 3 aromatic rings. The van der Waals surface area contributed by atoms with E-state index in [0.717, 1.165) is 29.5 Å². The Hall–Kier alpha value is -3.22. The topological polar surface area (TPSA) is 43.3 Å². The molecule has 0 bridgehead atoms. The first-order chi connectivity index (χ1) is 14.7. The average Bonchev–Trinajstić information content (AvgIpc) is 3.11. The van der Waals surface area contributed by atoms with Gasteiger partial charge in [0, 0.05) is 18.0 Å². The van der Waals surface area contributed by atoms with Crippen molar-refractivity contribution in [3.63, 3.8) is 0 Å². The van der Waals surface area contributed by atoms with Gasteiger partial charge in [0.05, 0.1) is 11.1 Å². The Labute approximate surface area is 179 Å². The molecule has 3 rings (SSSR count). The lowest BCUT2D eigenvalue weighted by molar-refractivity contribution is -0.137. The highest BCUT2D eigenvalue weighted by molar-refractivity contribution is 6.00. The molecule has 0 unspecified atom stereocenters. The zero-order chi connectivity index (χ0) is 22.6. The Kier molecular flexibility index (Phi) is 6.73. The number of nitrogens with zero attached hydrogens (tertiary/aromatic N) is 1. The minimum atomic E-state index is -4.39. The number of halogens is 3. The van der Waals surface area contributed by atoms with E-state index in [2.05, 4.69) is 11.9 Å². The first kappa shape index (κ1) is 22.5. The van der Waals surface area contributed by atoms with Crippen LogP contribution in [0.3, 0.4) is 0 Å². The Morgan fingerprint density at radius 1 is 1.23 bits per heavy atom. The minimum Gasteiger partial charge on any atom is -0.489 e. The van der Waals surface area contributed by atoms with E-state index >= 15 is 0 Å². The van der Waals surface area contributed by atoms with E-state index in [-0.39, 0.29) is 18.5 Å². The maximum Gasteiger partial charge on any atom is 0.416 e. The summed E-state index contributed by atoms with van der Waals surface area (Å²) in [4.78, 5) is 13.0. The fourth-order valence-electron chi connectivity index (χ4n) is 3.27. The van der Waals surface area contributed by atoms with Crippen LogP contribution in [0.1, 0.15) is 41.9 Å². The molecule has 0 fully saturated rings. The van der Waals surface area contributed by atoms with Crippen LogP contribution in [-0.4, -0.2) is 23.1 Å². The molecule has 0 saturated carbocycles. The summed E-state index contributed by atoms with van der Waals surface area (Å²) in [7, 11) is 0. The van der Waals surface area contributed by atoms with Crippen LogP contribution in [0.15, 0.2) is 61.2 Å². The maximum atomic E-state index is 13.0. The number of aromatic nitrogens is 1. The number of rotatable bonds is 8. The van der Waals surface area contributed by atoms with Crippen molar-refractivity contribution >= 4 is 16.8 Å². The van der Waals surface area contributed by atoms with E-state index in [1.807, 2.05) is 32.0 Å². The van der Waals surface area contributed by atoms with Crippen molar-refractivity contribution in [2.75, 3.05) is 6.61 Å². The molecule has 0 aliphatic carbocycles. The predicted octanol–water partition coefficient (Wildman–Crippen LogP) is 5.80. The van der Waals surface area contributed by atoms with Crippen molar-refractivity contribution < 1.29 is 22.7 Å². The highest BCUT2D eigenvalue weighted by Gasteiger charge is 2.30. The summed E-state index contributed by atoms with van der Waals surface area (Å²) in [6.07, 6.45) is -1.98. The number of benzene rings is 2. The number of amides is 1. The van der Waals surface area contributed by atoms with Crippen molar-refractivity contribution in [2.24, 2.45) is 0 Å². The van der Waals surface area contributed by atoms with Gasteiger partial charge in [-0.15, -0.1) is 0 Å². The molecule has 0 aliphatic rings. The summed E-state index contributed by atoms with van der Waals surface area (Å²) in [5.74, 6) is 0.369. The van der Waals surface area contributed by atoms with Crippen molar-refractivity contribution in [3.05, 3.63) is 78.0 Å². The van der Waals surface area contributed by atoms with Crippen LogP contribution >= 0.6 is 0 Å². The molecule has 1 N–H and O–H groups in total. The van der Waals surface area contributed by atoms with E-state index in [1.54, 1.807) is 16.7 Å². The number of alkyl halides is 3. The van der Waals surface area contributed by atoms with Gasteiger partial charge < -0.3 is 14.6 Å². The minimum absolute atomic E-state index is 0.0125. The lowest BCUT2D eigenvalue weighted by Gasteiger charge is -2.15. The first-order valence-corrected chi connectivity index (χ1v) is 10.1. The normalized spacial score (nSPS) is 12.5. The molecule has 31 heavy (non-hydrogen) atoms. The predicted molar refractivity (Wildman–Crippen MR) is 115 cm³/mol. The van der Waals surface area contributed by atoms with Gasteiger partial charge in [-0.05, 0) is 49.2 Å². The van der Waals surface area contributed by atoms with Gasteiger partial charge in [0.2, 0.25) is 0 Å². The quantitative estimate of drug-likeness (QED) is 0.459. The van der Waals surface area contributed by atoms with Gasteiger partial charge in [0.25, 0.3) is 5.91 Å². The van der Waals surface area contributed by atoms with E-state index in [1.165, 1.54) is 12.1 Å². The lowest BCUT2D eigenvalue weighted by atomic mass is 10.1. The Morgan fingerprint density at radius 3 is 2.55 bits per heavy atom. The van der Waals surface area contributed by atoms with Crippen molar-refractivity contribution in [1.29, 1.82) is 0 Å². The SMILES string of the molecule is C=CCOc1cccc2c1cc(C(=O)N[C@H](C)CC)n2Cc1ccc(C(F)(F)F)cc1. The summed E-state index contributed by atoms with van der Waals surface area (Å²) in [5, 5.41) is 3.71. The molecule has 1 atom stereocenters. The standard InChI is InChI=1S/C24H25F3N2O2/c1-4-13-31-22-8-6-7-20-19(22)14-21(23(30)28-16(3)5-2)29(20)15-17-9-11-18(12-10-17)24(25,26)27/h4,6-12,14,16H,1,5,13,15H2,2-3H3,(H,28,30)/t16-/m1/s1. The van der Waals surface area contributed by atoms with Crippen molar-refractivity contribution in [3.8, 4) is 5.75 Å². The van der Waals surface area contributed by atoms with E-state index < -0.39 is 11.7 Å². The summed E-state index contributed by atoms with van der Waals surface area (Å²) >= 11 is 0. The van der Waals surface area contributed by atoms with Gasteiger partial charge in [0.15, 0.2) is 0 Å². The van der Waals surface area contributed by atoms with Gasteiger partial charge in [-0.1, -0.05) is 37.8 Å². The summed E-state index contributed by atoms with van der Waals surface area (Å²) < 4.78 is 46.2. The number of fused-ring (bicyclic) bond motifs is 1. The second-order valence-electron chi connectivity index (χ2n) is 7.38. The molecular weight excluding hydrogens is 405 g/mol. The van der Waals surface area contributed by atoms with Gasteiger partial charge in [-0.25, -0.2) is 0 Å². The summed E-state index contributed by atoms with van der Waals surface area (Å²) in [6.45, 7) is 8.11. The van der Waals surface area contributed by atoms with Gasteiger partial charge in [-0.3, -0.25) is 4.79 Å². The molecule has 0 saturated heterocycles. The largest absolute Gasteiger partial charge is 0.489 e. The molecule has 1 aromatic heterocycles. The summed E-state index contributed by atoms with van der Waals surface area (Å²) in [6, 6.07) is 12.2. The molecule has 7 heteroatoms. The highest BCUT2D eigenvalue weighted by atomic mass is 19.4. The fraction of sp³-hybridized carbons (Fsp3) is 0.292. The molecule has 0 radical (unpaired) electrons. The molecule has 4 nitrogen and oxygen atoms in total. The number of ether oxygens (including phenoxy) is 1. The third-order valence-electron chi connectivity index (χ3n) is 5.11. The second-order valence-corrected chi connectivity index (χ2v) is 7.38. The van der Waals surface area contributed by atoms with E-state index in [4.69, 9.17) is 4.74 Å². The fourth-order valence-corrected chi connectivity index (χ4v) is 3.27. The van der Waals surface area contributed by atoms with Crippen molar-refractivity contribution in [2.45, 2.75) is 39.0 Å². The molecular formula is C24H25F3N2O2. The van der Waals surface area contributed by atoms with Crippen LogP contribution in [-0.2, 0) is 12.7 Å². The van der Waals surface area contributed by atoms with Crippen LogP contribution in [0, 0.1) is 0 Å². The Balaban J connectivity index is 2.05. The van der Waals surface area contributed by atoms with Gasteiger partial charge in [0.1, 0.15) is 18.1 Å². The van der Waals surface area contributed by atoms with Crippen LogP contribution in [0.4, 0.5) is 13.2 Å². The van der Waals surface area contributed by atoms with Gasteiger partial charge in [-0.2, -0.15) is 13.2 Å². The van der Waals surface area contributed by atoms with Crippen LogP contribution in [0.2, 0.25) is 0 Å². The monoisotopic (exact) mass is 430 g/mol. The van der Waals surface area contributed by atoms with Crippen LogP contribution in [0.5, 0.6) is 5.75 Å².